The molecule has 23 heavy (non-hydrogen) atoms. The van der Waals surface area contributed by atoms with Crippen LogP contribution in [0.15, 0.2) is 42.6 Å². The van der Waals surface area contributed by atoms with Crippen LogP contribution in [0.25, 0.3) is 0 Å². The van der Waals surface area contributed by atoms with E-state index >= 15 is 0 Å². The molecule has 0 saturated heterocycles. The van der Waals surface area contributed by atoms with Crippen molar-refractivity contribution in [2.75, 3.05) is 7.11 Å². The third kappa shape index (κ3) is 4.43. The molecule has 2 N–H and O–H groups in total. The molecule has 0 aliphatic rings. The molecule has 0 spiro atoms. The number of aromatic nitrogens is 1. The number of nitrogens with zero attached hydrogens (tertiary/aromatic N) is 1. The number of rotatable bonds is 5. The van der Waals surface area contributed by atoms with Gasteiger partial charge in [0, 0.05) is 12.6 Å². The summed E-state index contributed by atoms with van der Waals surface area (Å²) in [5.41, 5.74) is 0.935. The van der Waals surface area contributed by atoms with Gasteiger partial charge in [-0.2, -0.15) is 0 Å². The smallest absolute Gasteiger partial charge is 0.328 e. The monoisotopic (exact) mass is 334 g/mol. The maximum Gasteiger partial charge on any atom is 0.328 e. The fourth-order valence-electron chi connectivity index (χ4n) is 1.99. The normalized spacial score (nSPS) is 11.6. The Bertz CT molecular complexity index is 703. The molecular formula is C16H15ClN2O4. The Morgan fingerprint density at radius 1 is 1.30 bits per heavy atom. The number of pyridine rings is 1. The molecule has 7 heteroatoms. The number of phenols is 1. The van der Waals surface area contributed by atoms with Gasteiger partial charge in [0.25, 0.3) is 5.91 Å². The Labute approximate surface area is 138 Å². The highest BCUT2D eigenvalue weighted by molar-refractivity contribution is 6.32. The molecule has 1 atom stereocenters. The Kier molecular flexibility index (Phi) is 5.54. The van der Waals surface area contributed by atoms with Gasteiger partial charge in [-0.25, -0.2) is 9.78 Å². The molecule has 1 amide bonds. The highest BCUT2D eigenvalue weighted by Gasteiger charge is 2.23. The first kappa shape index (κ1) is 16.8. The Morgan fingerprint density at radius 2 is 2.00 bits per heavy atom. The van der Waals surface area contributed by atoms with Crippen LogP contribution in [0, 0.1) is 0 Å². The van der Waals surface area contributed by atoms with Gasteiger partial charge in [0.05, 0.1) is 12.7 Å². The van der Waals surface area contributed by atoms with Crippen LogP contribution in [0.2, 0.25) is 5.15 Å². The van der Waals surface area contributed by atoms with E-state index in [1.165, 1.54) is 31.5 Å². The number of nitrogens with one attached hydrogen (secondary N) is 1. The molecule has 1 aromatic carbocycles. The van der Waals surface area contributed by atoms with Crippen molar-refractivity contribution in [3.05, 3.63) is 58.9 Å². The van der Waals surface area contributed by atoms with E-state index in [0.717, 1.165) is 5.56 Å². The minimum atomic E-state index is -0.881. The van der Waals surface area contributed by atoms with E-state index < -0.39 is 17.9 Å². The molecule has 0 unspecified atom stereocenters. The summed E-state index contributed by atoms with van der Waals surface area (Å²) in [6, 6.07) is 8.54. The lowest BCUT2D eigenvalue weighted by Gasteiger charge is -2.17. The van der Waals surface area contributed by atoms with E-state index in [-0.39, 0.29) is 22.9 Å². The standard InChI is InChI=1S/C16H15ClN2O4/c1-23-16(22)13(9-10-4-6-11(20)7-5-10)19-15(21)12-3-2-8-18-14(12)17/h2-8,13,20H,9H2,1H3,(H,19,21)/t13-/m0/s1. The van der Waals surface area contributed by atoms with Crippen molar-refractivity contribution in [3.63, 3.8) is 0 Å². The zero-order valence-electron chi connectivity index (χ0n) is 12.3. The van der Waals surface area contributed by atoms with Crippen LogP contribution < -0.4 is 5.32 Å². The van der Waals surface area contributed by atoms with Gasteiger partial charge in [-0.1, -0.05) is 23.7 Å². The second kappa shape index (κ2) is 7.60. The van der Waals surface area contributed by atoms with E-state index in [9.17, 15) is 14.7 Å². The molecule has 1 aromatic heterocycles. The fraction of sp³-hybridized carbons (Fsp3) is 0.188. The highest BCUT2D eigenvalue weighted by atomic mass is 35.5. The Balaban J connectivity index is 2.15. The van der Waals surface area contributed by atoms with E-state index in [2.05, 4.69) is 10.3 Å². The number of amides is 1. The lowest BCUT2D eigenvalue weighted by atomic mass is 10.1. The van der Waals surface area contributed by atoms with Gasteiger partial charge in [0.15, 0.2) is 0 Å². The topological polar surface area (TPSA) is 88.5 Å². The van der Waals surface area contributed by atoms with Crippen molar-refractivity contribution < 1.29 is 19.4 Å². The maximum absolute atomic E-state index is 12.3. The van der Waals surface area contributed by atoms with Gasteiger partial charge >= 0.3 is 5.97 Å². The van der Waals surface area contributed by atoms with Gasteiger partial charge < -0.3 is 15.2 Å². The van der Waals surface area contributed by atoms with Crippen LogP contribution in [-0.2, 0) is 16.0 Å². The second-order valence-electron chi connectivity index (χ2n) is 4.76. The number of hydrogen-bond donors (Lipinski definition) is 2. The average molecular weight is 335 g/mol. The fourth-order valence-corrected chi connectivity index (χ4v) is 2.20. The van der Waals surface area contributed by atoms with Crippen molar-refractivity contribution in [1.29, 1.82) is 0 Å². The minimum absolute atomic E-state index is 0.0539. The van der Waals surface area contributed by atoms with Gasteiger partial charge in [0.2, 0.25) is 0 Å². The first-order chi connectivity index (χ1) is 11.0. The maximum atomic E-state index is 12.3. The lowest BCUT2D eigenvalue weighted by Crippen LogP contribution is -2.43. The molecule has 0 aliphatic carbocycles. The van der Waals surface area contributed by atoms with Crippen molar-refractivity contribution in [2.45, 2.75) is 12.5 Å². The molecule has 2 aromatic rings. The van der Waals surface area contributed by atoms with Gasteiger partial charge in [-0.15, -0.1) is 0 Å². The van der Waals surface area contributed by atoms with Crippen LogP contribution in [0.1, 0.15) is 15.9 Å². The van der Waals surface area contributed by atoms with Crippen molar-refractivity contribution in [1.82, 2.24) is 10.3 Å². The highest BCUT2D eigenvalue weighted by Crippen LogP contribution is 2.14. The minimum Gasteiger partial charge on any atom is -0.508 e. The van der Waals surface area contributed by atoms with E-state index in [4.69, 9.17) is 16.3 Å². The number of carbonyl (C=O) groups is 2. The Hall–Kier alpha value is -2.60. The molecule has 0 fully saturated rings. The lowest BCUT2D eigenvalue weighted by molar-refractivity contribution is -0.142. The third-order valence-electron chi connectivity index (χ3n) is 3.17. The largest absolute Gasteiger partial charge is 0.508 e. The number of halogens is 1. The number of carbonyl (C=O) groups excluding carboxylic acids is 2. The van der Waals surface area contributed by atoms with Gasteiger partial charge in [-0.05, 0) is 29.8 Å². The molecular weight excluding hydrogens is 320 g/mol. The summed E-state index contributed by atoms with van der Waals surface area (Å²) in [4.78, 5) is 28.0. The molecule has 2 rings (SSSR count). The van der Waals surface area contributed by atoms with Crippen LogP contribution >= 0.6 is 11.6 Å². The number of benzene rings is 1. The predicted molar refractivity (Wildman–Crippen MR) is 84.3 cm³/mol. The summed E-state index contributed by atoms with van der Waals surface area (Å²) in [7, 11) is 1.25. The summed E-state index contributed by atoms with van der Waals surface area (Å²) in [6.07, 6.45) is 1.68. The number of phenolic OH excluding ortho intramolecular Hbond substituents is 1. The van der Waals surface area contributed by atoms with E-state index in [1.54, 1.807) is 18.2 Å². The summed E-state index contributed by atoms with van der Waals surface area (Å²) in [5.74, 6) is -0.974. The van der Waals surface area contributed by atoms with E-state index in [1.807, 2.05) is 0 Å². The molecule has 0 saturated carbocycles. The summed E-state index contributed by atoms with van der Waals surface area (Å²) >= 11 is 5.88. The summed E-state index contributed by atoms with van der Waals surface area (Å²) in [5, 5.41) is 11.9. The molecule has 0 radical (unpaired) electrons. The number of hydrogen-bond acceptors (Lipinski definition) is 5. The van der Waals surface area contributed by atoms with E-state index in [0.29, 0.717) is 0 Å². The van der Waals surface area contributed by atoms with Gasteiger partial charge in [-0.3, -0.25) is 4.79 Å². The number of ether oxygens (including phenoxy) is 1. The first-order valence-electron chi connectivity index (χ1n) is 6.78. The molecule has 1 heterocycles. The number of esters is 1. The SMILES string of the molecule is COC(=O)[C@H](Cc1ccc(O)cc1)NC(=O)c1cccnc1Cl. The van der Waals surface area contributed by atoms with Crippen LogP contribution in [0.5, 0.6) is 5.75 Å². The zero-order valence-corrected chi connectivity index (χ0v) is 13.1. The third-order valence-corrected chi connectivity index (χ3v) is 3.47. The second-order valence-corrected chi connectivity index (χ2v) is 5.12. The van der Waals surface area contributed by atoms with Crippen LogP contribution in [-0.4, -0.2) is 35.1 Å². The summed E-state index contributed by atoms with van der Waals surface area (Å²) < 4.78 is 4.72. The summed E-state index contributed by atoms with van der Waals surface area (Å²) in [6.45, 7) is 0. The van der Waals surface area contributed by atoms with Crippen LogP contribution in [0.4, 0.5) is 0 Å². The van der Waals surface area contributed by atoms with Crippen molar-refractivity contribution in [2.24, 2.45) is 0 Å². The predicted octanol–water partition coefficient (Wildman–Crippen LogP) is 1.95. The molecule has 6 nitrogen and oxygen atoms in total. The molecule has 120 valence electrons. The quantitative estimate of drug-likeness (QED) is 0.644. The van der Waals surface area contributed by atoms with Gasteiger partial charge in [0.1, 0.15) is 16.9 Å². The first-order valence-corrected chi connectivity index (χ1v) is 7.16. The zero-order chi connectivity index (χ0) is 16.8. The molecule has 0 bridgehead atoms. The number of aromatic hydroxyl groups is 1. The van der Waals surface area contributed by atoms with Crippen LogP contribution in [0.3, 0.4) is 0 Å². The van der Waals surface area contributed by atoms with Crippen molar-refractivity contribution >= 4 is 23.5 Å². The average Bonchev–Trinajstić information content (AvgIpc) is 2.55. The Morgan fingerprint density at radius 3 is 2.61 bits per heavy atom. The number of methoxy groups -OCH3 is 1. The van der Waals surface area contributed by atoms with Crippen molar-refractivity contribution in [3.8, 4) is 5.75 Å². The molecule has 0 aliphatic heterocycles.